The minimum absolute atomic E-state index is 0.0824. The summed E-state index contributed by atoms with van der Waals surface area (Å²) >= 11 is 18.4. The van der Waals surface area contributed by atoms with Crippen molar-refractivity contribution in [2.24, 2.45) is 0 Å². The number of rotatable bonds is 6. The summed E-state index contributed by atoms with van der Waals surface area (Å²) in [4.78, 5) is 12.8. The molecule has 1 amide bonds. The first-order chi connectivity index (χ1) is 16.2. The lowest BCUT2D eigenvalue weighted by Crippen LogP contribution is -2.31. The first kappa shape index (κ1) is 24.0. The second-order valence-corrected chi connectivity index (χ2v) is 9.79. The van der Waals surface area contributed by atoms with E-state index in [2.05, 4.69) is 10.3 Å². The molecule has 34 heavy (non-hydrogen) atoms. The number of hydrogen-bond acceptors (Lipinski definition) is 6. The van der Waals surface area contributed by atoms with Gasteiger partial charge in [-0.3, -0.25) is 4.79 Å². The highest BCUT2D eigenvalue weighted by molar-refractivity contribution is 7.90. The van der Waals surface area contributed by atoms with Gasteiger partial charge in [0.05, 0.1) is 22.8 Å². The zero-order valence-electron chi connectivity index (χ0n) is 17.4. The predicted molar refractivity (Wildman–Crippen MR) is 129 cm³/mol. The van der Waals surface area contributed by atoms with Crippen molar-refractivity contribution >= 4 is 50.7 Å². The first-order valence-corrected chi connectivity index (χ1v) is 12.2. The van der Waals surface area contributed by atoms with E-state index in [1.54, 1.807) is 42.5 Å². The minimum atomic E-state index is -4.37. The van der Waals surface area contributed by atoms with Crippen LogP contribution >= 0.6 is 34.8 Å². The van der Waals surface area contributed by atoms with Crippen LogP contribution in [0.1, 0.15) is 10.5 Å². The van der Waals surface area contributed by atoms with Crippen LogP contribution in [0.3, 0.4) is 0 Å². The molecule has 1 heterocycles. The van der Waals surface area contributed by atoms with E-state index in [4.69, 9.17) is 39.5 Å². The van der Waals surface area contributed by atoms with E-state index in [0.29, 0.717) is 16.3 Å². The maximum Gasteiger partial charge on any atom is 0.287 e. The number of carbonyl (C=O) groups excluding carboxylic acids is 1. The van der Waals surface area contributed by atoms with Crippen LogP contribution in [0.4, 0.5) is 0 Å². The van der Waals surface area contributed by atoms with Gasteiger partial charge in [-0.1, -0.05) is 70.3 Å². The topological polar surface area (TPSA) is 103 Å². The van der Waals surface area contributed by atoms with E-state index in [1.807, 2.05) is 4.72 Å². The number of nitrogens with zero attached hydrogens (tertiary/aromatic N) is 3. The number of sulfonamides is 1. The molecule has 1 N–H and O–H groups in total. The van der Waals surface area contributed by atoms with Crippen molar-refractivity contribution in [3.8, 4) is 22.7 Å². The van der Waals surface area contributed by atoms with E-state index in [1.165, 1.54) is 36.1 Å². The van der Waals surface area contributed by atoms with Gasteiger partial charge in [0.2, 0.25) is 0 Å². The molecule has 3 aromatic carbocycles. The van der Waals surface area contributed by atoms with Crippen molar-refractivity contribution in [3.63, 3.8) is 0 Å². The summed E-state index contributed by atoms with van der Waals surface area (Å²) in [6, 6.07) is 17.5. The summed E-state index contributed by atoms with van der Waals surface area (Å²) in [5.41, 5.74) is 0.949. The van der Waals surface area contributed by atoms with Gasteiger partial charge in [-0.2, -0.15) is 0 Å². The summed E-state index contributed by atoms with van der Waals surface area (Å²) in [6.45, 7) is 0. The molecular formula is C22H15Cl3N4O4S. The Morgan fingerprint density at radius 1 is 0.971 bits per heavy atom. The molecule has 0 radical (unpaired) electrons. The van der Waals surface area contributed by atoms with Gasteiger partial charge in [0.15, 0.2) is 5.69 Å². The molecule has 12 heteroatoms. The van der Waals surface area contributed by atoms with Gasteiger partial charge in [0.1, 0.15) is 16.3 Å². The number of nitrogens with one attached hydrogen (secondary N) is 1. The molecule has 4 rings (SSSR count). The highest BCUT2D eigenvalue weighted by atomic mass is 35.5. The van der Waals surface area contributed by atoms with Crippen LogP contribution in [0.15, 0.2) is 71.6 Å². The average Bonchev–Trinajstić information content (AvgIpc) is 3.24. The second kappa shape index (κ2) is 9.63. The van der Waals surface area contributed by atoms with E-state index >= 15 is 0 Å². The Hall–Kier alpha value is -3.11. The second-order valence-electron chi connectivity index (χ2n) is 6.89. The number of ether oxygens (including phenoxy) is 1. The lowest BCUT2D eigenvalue weighted by molar-refractivity contribution is 0.0977. The molecule has 1 aromatic heterocycles. The van der Waals surface area contributed by atoms with Gasteiger partial charge in [0.25, 0.3) is 15.9 Å². The summed E-state index contributed by atoms with van der Waals surface area (Å²) in [5, 5.41) is 8.60. The molecular weight excluding hydrogens is 523 g/mol. The Morgan fingerprint density at radius 3 is 2.38 bits per heavy atom. The highest BCUT2D eigenvalue weighted by Gasteiger charge is 2.28. The average molecular weight is 538 g/mol. The molecule has 8 nitrogen and oxygen atoms in total. The molecule has 0 spiro atoms. The van der Waals surface area contributed by atoms with Gasteiger partial charge < -0.3 is 4.74 Å². The molecule has 174 valence electrons. The molecule has 0 atom stereocenters. The number of benzene rings is 3. The summed E-state index contributed by atoms with van der Waals surface area (Å²) < 4.78 is 34.3. The maximum absolute atomic E-state index is 13.1. The number of hydrogen-bond donors (Lipinski definition) is 1. The zero-order chi connectivity index (χ0) is 24.5. The Balaban J connectivity index is 1.80. The van der Waals surface area contributed by atoms with Crippen LogP contribution in [0.2, 0.25) is 15.1 Å². The monoisotopic (exact) mass is 536 g/mol. The van der Waals surface area contributed by atoms with Gasteiger partial charge in [-0.25, -0.2) is 17.8 Å². The van der Waals surface area contributed by atoms with E-state index in [0.717, 1.165) is 0 Å². The van der Waals surface area contributed by atoms with Crippen molar-refractivity contribution in [1.82, 2.24) is 19.7 Å². The van der Waals surface area contributed by atoms with Crippen molar-refractivity contribution in [1.29, 1.82) is 0 Å². The van der Waals surface area contributed by atoms with Crippen molar-refractivity contribution < 1.29 is 17.9 Å². The van der Waals surface area contributed by atoms with Crippen molar-refractivity contribution in [2.45, 2.75) is 4.90 Å². The number of halogens is 3. The van der Waals surface area contributed by atoms with Gasteiger partial charge >= 0.3 is 0 Å². The zero-order valence-corrected chi connectivity index (χ0v) is 20.5. The lowest BCUT2D eigenvalue weighted by Gasteiger charge is -2.11. The molecule has 0 aliphatic heterocycles. The number of methoxy groups -OCH3 is 1. The van der Waals surface area contributed by atoms with E-state index in [-0.39, 0.29) is 32.1 Å². The molecule has 0 aliphatic rings. The van der Waals surface area contributed by atoms with Crippen LogP contribution in [0.25, 0.3) is 16.9 Å². The first-order valence-electron chi connectivity index (χ1n) is 9.58. The fourth-order valence-electron chi connectivity index (χ4n) is 3.15. The standard InChI is InChI=1S/C22H15Cl3N4O4S/c1-33-15-8-9-16(24)19(12-15)34(31,32)27-22(30)20-21(13-5-3-2-4-6-13)29(28-26-20)18-10-7-14(23)11-17(18)25/h2-12H,1H3,(H,27,30). The van der Waals surface area contributed by atoms with Crippen LogP contribution < -0.4 is 9.46 Å². The summed E-state index contributed by atoms with van der Waals surface area (Å²) in [5.74, 6) is -0.750. The van der Waals surface area contributed by atoms with Gasteiger partial charge in [-0.05, 0) is 30.3 Å². The third kappa shape index (κ3) is 4.74. The van der Waals surface area contributed by atoms with Crippen LogP contribution in [-0.2, 0) is 10.0 Å². The Morgan fingerprint density at radius 2 is 1.71 bits per heavy atom. The van der Waals surface area contributed by atoms with Crippen molar-refractivity contribution in [3.05, 3.63) is 87.5 Å². The molecule has 0 saturated carbocycles. The van der Waals surface area contributed by atoms with Crippen molar-refractivity contribution in [2.75, 3.05) is 7.11 Å². The van der Waals surface area contributed by atoms with Crippen LogP contribution in [0, 0.1) is 0 Å². The molecule has 4 aromatic rings. The maximum atomic E-state index is 13.1. The van der Waals surface area contributed by atoms with Gasteiger partial charge in [0, 0.05) is 16.7 Å². The SMILES string of the molecule is COc1ccc(Cl)c(S(=O)(=O)NC(=O)c2nnn(-c3ccc(Cl)cc3Cl)c2-c2ccccc2)c1. The lowest BCUT2D eigenvalue weighted by atomic mass is 10.1. The molecule has 0 bridgehead atoms. The highest BCUT2D eigenvalue weighted by Crippen LogP contribution is 2.31. The fraction of sp³-hybridized carbons (Fsp3) is 0.0455. The number of aromatic nitrogens is 3. The number of carbonyl (C=O) groups is 1. The largest absolute Gasteiger partial charge is 0.497 e. The summed E-state index contributed by atoms with van der Waals surface area (Å²) in [6.07, 6.45) is 0. The molecule has 0 unspecified atom stereocenters. The normalized spacial score (nSPS) is 11.3. The van der Waals surface area contributed by atoms with Crippen LogP contribution in [-0.4, -0.2) is 36.4 Å². The molecule has 0 aliphatic carbocycles. The molecule has 0 fully saturated rings. The summed E-state index contributed by atoms with van der Waals surface area (Å²) in [7, 11) is -2.99. The predicted octanol–water partition coefficient (Wildman–Crippen LogP) is 5.02. The van der Waals surface area contributed by atoms with E-state index in [9.17, 15) is 13.2 Å². The van der Waals surface area contributed by atoms with Gasteiger partial charge in [-0.15, -0.1) is 5.10 Å². The Labute approximate surface area is 210 Å². The third-order valence-electron chi connectivity index (χ3n) is 4.73. The van der Waals surface area contributed by atoms with E-state index < -0.39 is 15.9 Å². The number of amides is 1. The van der Waals surface area contributed by atoms with Crippen LogP contribution in [0.5, 0.6) is 5.75 Å². The minimum Gasteiger partial charge on any atom is -0.497 e. The Bertz CT molecular complexity index is 1490. The quantitative estimate of drug-likeness (QED) is 0.370. The fourth-order valence-corrected chi connectivity index (χ4v) is 5.11. The Kier molecular flexibility index (Phi) is 6.81. The molecule has 0 saturated heterocycles. The smallest absolute Gasteiger partial charge is 0.287 e. The third-order valence-corrected chi connectivity index (χ3v) is 7.08.